The van der Waals surface area contributed by atoms with Crippen molar-refractivity contribution in [1.29, 1.82) is 0 Å². The Kier molecular flexibility index (Phi) is 7.40. The molecule has 4 rings (SSSR count). The Morgan fingerprint density at radius 2 is 1.68 bits per heavy atom. The molecule has 0 atom stereocenters. The first kappa shape index (κ1) is 23.7. The van der Waals surface area contributed by atoms with E-state index in [0.717, 1.165) is 16.8 Å². The average molecular weight is 496 g/mol. The Hall–Kier alpha value is -3.48. The Balaban J connectivity index is 1.44. The molecule has 3 aromatic carbocycles. The first-order valence-corrected chi connectivity index (χ1v) is 11.3. The highest BCUT2D eigenvalue weighted by Crippen LogP contribution is 2.27. The number of halogens is 2. The molecule has 0 saturated carbocycles. The van der Waals surface area contributed by atoms with E-state index in [1.165, 1.54) is 0 Å². The van der Waals surface area contributed by atoms with Crippen LogP contribution in [0.1, 0.15) is 27.2 Å². The number of para-hydroxylation sites is 2. The summed E-state index contributed by atoms with van der Waals surface area (Å²) in [5.74, 6) is 1.47. The Morgan fingerprint density at radius 3 is 2.41 bits per heavy atom. The number of benzene rings is 3. The number of amides is 1. The summed E-state index contributed by atoms with van der Waals surface area (Å²) in [4.78, 5) is 12.9. The SMILES string of the molecule is COc1ccccc1OCc1cccc(C(=O)Nc2cc(C)n(Cc3c(Cl)cccc3Cl)n2)c1. The van der Waals surface area contributed by atoms with Crippen molar-refractivity contribution in [2.75, 3.05) is 12.4 Å². The highest BCUT2D eigenvalue weighted by molar-refractivity contribution is 6.36. The predicted molar refractivity (Wildman–Crippen MR) is 134 cm³/mol. The molecule has 0 radical (unpaired) electrons. The molecule has 34 heavy (non-hydrogen) atoms. The van der Waals surface area contributed by atoms with Gasteiger partial charge in [-0.05, 0) is 48.9 Å². The zero-order valence-electron chi connectivity index (χ0n) is 18.7. The van der Waals surface area contributed by atoms with Gasteiger partial charge >= 0.3 is 0 Å². The molecule has 0 aliphatic heterocycles. The van der Waals surface area contributed by atoms with Crippen molar-refractivity contribution in [3.8, 4) is 11.5 Å². The van der Waals surface area contributed by atoms with Crippen molar-refractivity contribution in [1.82, 2.24) is 9.78 Å². The minimum atomic E-state index is -0.264. The van der Waals surface area contributed by atoms with Crippen molar-refractivity contribution < 1.29 is 14.3 Å². The highest BCUT2D eigenvalue weighted by Gasteiger charge is 2.13. The van der Waals surface area contributed by atoms with E-state index in [0.29, 0.717) is 46.1 Å². The zero-order valence-corrected chi connectivity index (χ0v) is 20.2. The molecule has 0 bridgehead atoms. The van der Waals surface area contributed by atoms with E-state index in [1.54, 1.807) is 48.2 Å². The molecule has 1 N–H and O–H groups in total. The molecule has 0 unspecified atom stereocenters. The summed E-state index contributed by atoms with van der Waals surface area (Å²) in [5, 5.41) is 8.49. The molecule has 0 aliphatic rings. The van der Waals surface area contributed by atoms with Gasteiger partial charge in [-0.25, -0.2) is 0 Å². The Morgan fingerprint density at radius 1 is 0.971 bits per heavy atom. The average Bonchev–Trinajstić information content (AvgIpc) is 3.18. The van der Waals surface area contributed by atoms with Crippen LogP contribution in [0.25, 0.3) is 0 Å². The van der Waals surface area contributed by atoms with Crippen LogP contribution in [0.15, 0.2) is 72.8 Å². The van der Waals surface area contributed by atoms with Crippen molar-refractivity contribution in [2.24, 2.45) is 0 Å². The minimum Gasteiger partial charge on any atom is -0.493 e. The largest absolute Gasteiger partial charge is 0.493 e. The molecule has 6 nitrogen and oxygen atoms in total. The lowest BCUT2D eigenvalue weighted by Gasteiger charge is -2.11. The van der Waals surface area contributed by atoms with Crippen molar-refractivity contribution in [2.45, 2.75) is 20.1 Å². The monoisotopic (exact) mass is 495 g/mol. The summed E-state index contributed by atoms with van der Waals surface area (Å²) in [6.07, 6.45) is 0. The van der Waals surface area contributed by atoms with Gasteiger partial charge in [0.2, 0.25) is 0 Å². The van der Waals surface area contributed by atoms with Gasteiger partial charge in [0, 0.05) is 32.9 Å². The summed E-state index contributed by atoms with van der Waals surface area (Å²) in [5.41, 5.74) is 3.00. The van der Waals surface area contributed by atoms with E-state index < -0.39 is 0 Å². The third-order valence-corrected chi connectivity index (χ3v) is 5.95. The molecule has 0 spiro atoms. The summed E-state index contributed by atoms with van der Waals surface area (Å²) in [7, 11) is 1.60. The second-order valence-corrected chi connectivity index (χ2v) is 8.44. The fourth-order valence-electron chi connectivity index (χ4n) is 3.45. The lowest BCUT2D eigenvalue weighted by atomic mass is 10.1. The van der Waals surface area contributed by atoms with Gasteiger partial charge in [-0.15, -0.1) is 0 Å². The normalized spacial score (nSPS) is 10.7. The molecule has 0 saturated heterocycles. The molecule has 0 fully saturated rings. The molecule has 1 aromatic heterocycles. The van der Waals surface area contributed by atoms with E-state index in [1.807, 2.05) is 43.3 Å². The number of nitrogens with zero attached hydrogens (tertiary/aromatic N) is 2. The number of hydrogen-bond acceptors (Lipinski definition) is 4. The third kappa shape index (κ3) is 5.53. The fourth-order valence-corrected chi connectivity index (χ4v) is 3.97. The first-order chi connectivity index (χ1) is 16.4. The maximum absolute atomic E-state index is 12.9. The molecule has 1 heterocycles. The van der Waals surface area contributed by atoms with Gasteiger partial charge in [0.25, 0.3) is 5.91 Å². The number of carbonyl (C=O) groups is 1. The lowest BCUT2D eigenvalue weighted by molar-refractivity contribution is 0.102. The minimum absolute atomic E-state index is 0.264. The van der Waals surface area contributed by atoms with Crippen molar-refractivity contribution in [3.05, 3.63) is 105 Å². The van der Waals surface area contributed by atoms with Crippen LogP contribution in [0.2, 0.25) is 10.0 Å². The predicted octanol–water partition coefficient (Wildman–Crippen LogP) is 6.39. The fraction of sp³-hybridized carbons (Fsp3) is 0.154. The standard InChI is InChI=1S/C26H23Cl2N3O3/c1-17-13-25(30-31(17)15-20-21(27)9-6-10-22(20)28)29-26(32)19-8-5-7-18(14-19)16-34-24-12-4-3-11-23(24)33-2/h3-14H,15-16H2,1-2H3,(H,29,30,32). The number of rotatable bonds is 8. The Bertz CT molecular complexity index is 1300. The quantitative estimate of drug-likeness (QED) is 0.307. The van der Waals surface area contributed by atoms with Gasteiger partial charge < -0.3 is 14.8 Å². The summed E-state index contributed by atoms with van der Waals surface area (Å²) < 4.78 is 12.9. The van der Waals surface area contributed by atoms with Crippen LogP contribution >= 0.6 is 23.2 Å². The van der Waals surface area contributed by atoms with Crippen molar-refractivity contribution >= 4 is 34.9 Å². The molecule has 4 aromatic rings. The third-order valence-electron chi connectivity index (χ3n) is 5.24. The van der Waals surface area contributed by atoms with Gasteiger partial charge in [-0.3, -0.25) is 9.48 Å². The highest BCUT2D eigenvalue weighted by atomic mass is 35.5. The smallest absolute Gasteiger partial charge is 0.256 e. The number of nitrogens with one attached hydrogen (secondary N) is 1. The molecule has 1 amide bonds. The molecule has 0 aliphatic carbocycles. The second-order valence-electron chi connectivity index (χ2n) is 7.62. The van der Waals surface area contributed by atoms with Crippen LogP contribution in [0, 0.1) is 6.92 Å². The summed E-state index contributed by atoms with van der Waals surface area (Å²) in [6, 6.07) is 21.9. The summed E-state index contributed by atoms with van der Waals surface area (Å²) >= 11 is 12.6. The topological polar surface area (TPSA) is 65.4 Å². The van der Waals surface area contributed by atoms with Gasteiger partial charge in [-0.2, -0.15) is 5.10 Å². The van der Waals surface area contributed by atoms with E-state index >= 15 is 0 Å². The zero-order chi connectivity index (χ0) is 24.1. The second kappa shape index (κ2) is 10.6. The van der Waals surface area contributed by atoms with Gasteiger partial charge in [0.15, 0.2) is 17.3 Å². The van der Waals surface area contributed by atoms with E-state index in [9.17, 15) is 4.79 Å². The number of anilines is 1. The van der Waals surface area contributed by atoms with Crippen LogP contribution in [-0.2, 0) is 13.2 Å². The number of ether oxygens (including phenoxy) is 2. The van der Waals surface area contributed by atoms with Gasteiger partial charge in [0.1, 0.15) is 6.61 Å². The molecule has 8 heteroatoms. The number of hydrogen-bond donors (Lipinski definition) is 1. The Labute approximate surface area is 208 Å². The summed E-state index contributed by atoms with van der Waals surface area (Å²) in [6.45, 7) is 2.60. The first-order valence-electron chi connectivity index (χ1n) is 10.6. The number of methoxy groups -OCH3 is 1. The maximum atomic E-state index is 12.9. The van der Waals surface area contributed by atoms with Crippen LogP contribution in [0.4, 0.5) is 5.82 Å². The van der Waals surface area contributed by atoms with Gasteiger partial charge in [-0.1, -0.05) is 53.5 Å². The van der Waals surface area contributed by atoms with Crippen LogP contribution < -0.4 is 14.8 Å². The number of carbonyl (C=O) groups excluding carboxylic acids is 1. The number of aromatic nitrogens is 2. The van der Waals surface area contributed by atoms with E-state index in [-0.39, 0.29) is 5.91 Å². The number of aryl methyl sites for hydroxylation is 1. The lowest BCUT2D eigenvalue weighted by Crippen LogP contribution is -2.13. The van der Waals surface area contributed by atoms with E-state index in [2.05, 4.69) is 10.4 Å². The van der Waals surface area contributed by atoms with Crippen LogP contribution in [0.3, 0.4) is 0 Å². The molecular formula is C26H23Cl2N3O3. The van der Waals surface area contributed by atoms with Crippen LogP contribution in [0.5, 0.6) is 11.5 Å². The van der Waals surface area contributed by atoms with Crippen LogP contribution in [-0.4, -0.2) is 22.8 Å². The molecule has 174 valence electrons. The molecular weight excluding hydrogens is 473 g/mol. The maximum Gasteiger partial charge on any atom is 0.256 e. The van der Waals surface area contributed by atoms with Gasteiger partial charge in [0.05, 0.1) is 13.7 Å². The van der Waals surface area contributed by atoms with E-state index in [4.69, 9.17) is 32.7 Å². The van der Waals surface area contributed by atoms with Crippen molar-refractivity contribution in [3.63, 3.8) is 0 Å².